The van der Waals surface area contributed by atoms with Crippen molar-refractivity contribution in [2.24, 2.45) is 0 Å². The van der Waals surface area contributed by atoms with Crippen LogP contribution in [-0.2, 0) is 0 Å². The third kappa shape index (κ3) is 5.96. The van der Waals surface area contributed by atoms with Crippen molar-refractivity contribution in [2.75, 3.05) is 0 Å². The molecule has 0 saturated heterocycles. The molecule has 0 atom stereocenters. The molecule has 0 fully saturated rings. The molecule has 1 N–H and O–H groups in total. The standard InChI is InChI=1S/C33H20N4O8/c38-33(39)22-13-18-25-26(19-22)35-32(21-11-16-24(17-12-21)45-30-8-4-2-6-28(30)37(42)43)31(34-25)20-9-14-23(15-10-20)44-29-7-3-1-5-27(29)36(40)41/h1-19H,(H,38,39). The van der Waals surface area contributed by atoms with E-state index >= 15 is 0 Å². The minimum Gasteiger partial charge on any atom is -0.478 e. The normalized spacial score (nSPS) is 10.8. The van der Waals surface area contributed by atoms with E-state index in [1.807, 2.05) is 0 Å². The Labute approximate surface area is 254 Å². The average Bonchev–Trinajstić information content (AvgIpc) is 3.05. The molecule has 0 saturated carbocycles. The van der Waals surface area contributed by atoms with Crippen LogP contribution >= 0.6 is 0 Å². The van der Waals surface area contributed by atoms with Gasteiger partial charge in [0.2, 0.25) is 11.5 Å². The number of nitrogens with zero attached hydrogens (tertiary/aromatic N) is 4. The van der Waals surface area contributed by atoms with Gasteiger partial charge in [0.25, 0.3) is 0 Å². The van der Waals surface area contributed by atoms with Crippen LogP contribution in [0.25, 0.3) is 33.5 Å². The summed E-state index contributed by atoms with van der Waals surface area (Å²) in [7, 11) is 0. The van der Waals surface area contributed by atoms with E-state index in [0.29, 0.717) is 45.0 Å². The zero-order valence-electron chi connectivity index (χ0n) is 23.1. The molecule has 0 aliphatic carbocycles. The largest absolute Gasteiger partial charge is 0.478 e. The molecule has 0 radical (unpaired) electrons. The number of ether oxygens (including phenoxy) is 2. The number of aromatic nitrogens is 2. The fourth-order valence-corrected chi connectivity index (χ4v) is 4.59. The van der Waals surface area contributed by atoms with Crippen LogP contribution < -0.4 is 9.47 Å². The first-order chi connectivity index (χ1) is 21.8. The third-order valence-electron chi connectivity index (χ3n) is 6.75. The lowest BCUT2D eigenvalue weighted by atomic mass is 10.0. The molecule has 12 heteroatoms. The fourth-order valence-electron chi connectivity index (χ4n) is 4.59. The highest BCUT2D eigenvalue weighted by atomic mass is 16.6. The predicted molar refractivity (Wildman–Crippen MR) is 164 cm³/mol. The maximum atomic E-state index is 11.6. The molecule has 1 heterocycles. The van der Waals surface area contributed by atoms with Crippen molar-refractivity contribution < 1.29 is 29.2 Å². The highest BCUT2D eigenvalue weighted by Crippen LogP contribution is 2.36. The number of hydrogen-bond acceptors (Lipinski definition) is 9. The first kappa shape index (κ1) is 28.4. The SMILES string of the molecule is O=C(O)c1ccc2nc(-c3ccc(Oc4ccccc4[N+](=O)[O-])cc3)c(-c3ccc(Oc4ccccc4[N+](=O)[O-])cc3)nc2c1. The summed E-state index contributed by atoms with van der Waals surface area (Å²) < 4.78 is 11.6. The molecule has 220 valence electrons. The number of rotatable bonds is 9. The van der Waals surface area contributed by atoms with Gasteiger partial charge in [0.05, 0.1) is 37.8 Å². The molecule has 6 rings (SSSR count). The summed E-state index contributed by atoms with van der Waals surface area (Å²) in [5.74, 6) is -0.196. The molecule has 5 aromatic carbocycles. The number of carboxylic acid groups (broad SMARTS) is 1. The molecule has 0 unspecified atom stereocenters. The van der Waals surface area contributed by atoms with Crippen LogP contribution in [0.4, 0.5) is 11.4 Å². The topological polar surface area (TPSA) is 168 Å². The van der Waals surface area contributed by atoms with Gasteiger partial charge in [-0.3, -0.25) is 20.2 Å². The zero-order valence-corrected chi connectivity index (χ0v) is 23.1. The molecule has 0 bridgehead atoms. The molecule has 12 nitrogen and oxygen atoms in total. The minimum absolute atomic E-state index is 0.0558. The monoisotopic (exact) mass is 600 g/mol. The Morgan fingerprint density at radius 2 is 1.04 bits per heavy atom. The third-order valence-corrected chi connectivity index (χ3v) is 6.75. The summed E-state index contributed by atoms with van der Waals surface area (Å²) >= 11 is 0. The van der Waals surface area contributed by atoms with Gasteiger partial charge in [-0.2, -0.15) is 0 Å². The molecule has 6 aromatic rings. The molecule has 0 aliphatic rings. The summed E-state index contributed by atoms with van der Waals surface area (Å²) in [6.45, 7) is 0. The number of aromatic carboxylic acids is 1. The average molecular weight is 601 g/mol. The maximum Gasteiger partial charge on any atom is 0.335 e. The Hall–Kier alpha value is -6.69. The molecule has 1 aromatic heterocycles. The van der Waals surface area contributed by atoms with Crippen molar-refractivity contribution in [3.8, 4) is 45.5 Å². The number of nitro benzene ring substituents is 2. The van der Waals surface area contributed by atoms with Gasteiger partial charge in [0, 0.05) is 23.3 Å². The number of para-hydroxylation sites is 4. The number of hydrogen-bond donors (Lipinski definition) is 1. The lowest BCUT2D eigenvalue weighted by Crippen LogP contribution is -1.99. The van der Waals surface area contributed by atoms with Crippen molar-refractivity contribution in [2.45, 2.75) is 0 Å². The maximum absolute atomic E-state index is 11.6. The van der Waals surface area contributed by atoms with E-state index in [-0.39, 0.29) is 28.4 Å². The quantitative estimate of drug-likeness (QED) is 0.126. The van der Waals surface area contributed by atoms with Gasteiger partial charge >= 0.3 is 17.3 Å². The Bertz CT molecular complexity index is 2100. The summed E-state index contributed by atoms with van der Waals surface area (Å²) in [5.41, 5.74) is 2.74. The van der Waals surface area contributed by atoms with Gasteiger partial charge in [-0.1, -0.05) is 24.3 Å². The van der Waals surface area contributed by atoms with Gasteiger partial charge in [0.15, 0.2) is 0 Å². The van der Waals surface area contributed by atoms with Gasteiger partial charge in [-0.15, -0.1) is 0 Å². The van der Waals surface area contributed by atoms with Crippen LogP contribution in [0.3, 0.4) is 0 Å². The number of carboxylic acids is 1. The molecule has 45 heavy (non-hydrogen) atoms. The number of nitro groups is 2. The van der Waals surface area contributed by atoms with Gasteiger partial charge in [-0.25, -0.2) is 14.8 Å². The lowest BCUT2D eigenvalue weighted by Gasteiger charge is -2.13. The Balaban J connectivity index is 1.38. The molecular weight excluding hydrogens is 580 g/mol. The Morgan fingerprint density at radius 1 is 0.600 bits per heavy atom. The first-order valence-corrected chi connectivity index (χ1v) is 13.4. The van der Waals surface area contributed by atoms with E-state index in [1.165, 1.54) is 36.4 Å². The number of fused-ring (bicyclic) bond motifs is 1. The summed E-state index contributed by atoms with van der Waals surface area (Å²) in [5, 5.41) is 32.3. The first-order valence-electron chi connectivity index (χ1n) is 13.4. The summed E-state index contributed by atoms with van der Waals surface area (Å²) in [4.78, 5) is 42.9. The molecule has 0 amide bonds. The fraction of sp³-hybridized carbons (Fsp3) is 0. The highest BCUT2D eigenvalue weighted by Gasteiger charge is 2.18. The van der Waals surface area contributed by atoms with E-state index in [2.05, 4.69) is 0 Å². The van der Waals surface area contributed by atoms with Crippen LogP contribution in [0.5, 0.6) is 23.0 Å². The van der Waals surface area contributed by atoms with Crippen LogP contribution in [0.15, 0.2) is 115 Å². The molecule has 0 aliphatic heterocycles. The van der Waals surface area contributed by atoms with Gasteiger partial charge in [0.1, 0.15) is 11.5 Å². The minimum atomic E-state index is -1.10. The van der Waals surface area contributed by atoms with Crippen molar-refractivity contribution in [3.63, 3.8) is 0 Å². The van der Waals surface area contributed by atoms with Crippen molar-refractivity contribution in [1.82, 2.24) is 9.97 Å². The molecular formula is C33H20N4O8. The highest BCUT2D eigenvalue weighted by molar-refractivity contribution is 5.94. The second kappa shape index (κ2) is 11.9. The van der Waals surface area contributed by atoms with Crippen LogP contribution in [0, 0.1) is 20.2 Å². The van der Waals surface area contributed by atoms with Crippen molar-refractivity contribution >= 4 is 28.4 Å². The van der Waals surface area contributed by atoms with Crippen molar-refractivity contribution in [1.29, 1.82) is 0 Å². The van der Waals surface area contributed by atoms with E-state index < -0.39 is 15.8 Å². The van der Waals surface area contributed by atoms with E-state index in [0.717, 1.165) is 0 Å². The predicted octanol–water partition coefficient (Wildman–Crippen LogP) is 8.06. The number of carbonyl (C=O) groups is 1. The van der Waals surface area contributed by atoms with E-state index in [4.69, 9.17) is 19.4 Å². The van der Waals surface area contributed by atoms with Crippen LogP contribution in [-0.4, -0.2) is 30.9 Å². The van der Waals surface area contributed by atoms with Crippen molar-refractivity contribution in [3.05, 3.63) is 141 Å². The van der Waals surface area contributed by atoms with Gasteiger partial charge < -0.3 is 14.6 Å². The zero-order chi connectivity index (χ0) is 31.5. The van der Waals surface area contributed by atoms with Crippen LogP contribution in [0.1, 0.15) is 10.4 Å². The lowest BCUT2D eigenvalue weighted by molar-refractivity contribution is -0.385. The Kier molecular flexibility index (Phi) is 7.51. The smallest absolute Gasteiger partial charge is 0.335 e. The van der Waals surface area contributed by atoms with E-state index in [1.54, 1.807) is 78.9 Å². The molecule has 0 spiro atoms. The Morgan fingerprint density at radius 3 is 1.49 bits per heavy atom. The van der Waals surface area contributed by atoms with E-state index in [9.17, 15) is 30.1 Å². The van der Waals surface area contributed by atoms with Crippen LogP contribution in [0.2, 0.25) is 0 Å². The number of benzene rings is 5. The summed E-state index contributed by atoms with van der Waals surface area (Å²) in [6, 6.07) is 30.0. The van der Waals surface area contributed by atoms with Gasteiger partial charge in [-0.05, 0) is 78.9 Å². The summed E-state index contributed by atoms with van der Waals surface area (Å²) in [6.07, 6.45) is 0. The second-order valence-electron chi connectivity index (χ2n) is 9.63. The second-order valence-corrected chi connectivity index (χ2v) is 9.63.